The molecule has 35 heavy (non-hydrogen) atoms. The fourth-order valence-electron chi connectivity index (χ4n) is 5.25. The van der Waals surface area contributed by atoms with Crippen molar-refractivity contribution in [3.63, 3.8) is 0 Å². The molecule has 3 aromatic rings. The first-order valence-electron chi connectivity index (χ1n) is 12.7. The first-order valence-corrected chi connectivity index (χ1v) is 13.5. The minimum atomic E-state index is 0.679. The van der Waals surface area contributed by atoms with Crippen molar-refractivity contribution in [3.05, 3.63) is 47.8 Å². The van der Waals surface area contributed by atoms with Crippen molar-refractivity contribution in [2.45, 2.75) is 51.2 Å². The molecule has 3 heterocycles. The molecule has 9 heteroatoms. The number of benzene rings is 1. The first-order chi connectivity index (χ1) is 17.2. The summed E-state index contributed by atoms with van der Waals surface area (Å²) < 4.78 is 13.0. The fourth-order valence-corrected chi connectivity index (χ4v) is 6.16. The Labute approximate surface area is 211 Å². The quantitative estimate of drug-likeness (QED) is 0.479. The molecule has 1 saturated carbocycles. The van der Waals surface area contributed by atoms with E-state index in [1.807, 2.05) is 18.2 Å². The molecule has 0 unspecified atom stereocenters. The summed E-state index contributed by atoms with van der Waals surface area (Å²) in [6, 6.07) is 10.8. The highest BCUT2D eigenvalue weighted by atomic mass is 32.1. The number of methoxy groups -OCH3 is 2. The van der Waals surface area contributed by atoms with Gasteiger partial charge in [-0.05, 0) is 43.2 Å². The molecule has 8 nitrogen and oxygen atoms in total. The zero-order valence-electron chi connectivity index (χ0n) is 20.8. The number of aromatic nitrogens is 3. The Morgan fingerprint density at radius 3 is 2.51 bits per heavy atom. The van der Waals surface area contributed by atoms with Crippen molar-refractivity contribution in [2.24, 2.45) is 0 Å². The maximum Gasteiger partial charge on any atom is 0.218 e. The first kappa shape index (κ1) is 24.1. The van der Waals surface area contributed by atoms with Crippen LogP contribution < -0.4 is 19.7 Å². The largest absolute Gasteiger partial charge is 0.497 e. The summed E-state index contributed by atoms with van der Waals surface area (Å²) >= 11 is 1.67. The van der Waals surface area contributed by atoms with E-state index in [1.165, 1.54) is 32.1 Å². The van der Waals surface area contributed by atoms with Crippen LogP contribution in [0.15, 0.2) is 36.5 Å². The average Bonchev–Trinajstić information content (AvgIpc) is 3.59. The predicted octanol–water partition coefficient (Wildman–Crippen LogP) is 4.09. The van der Waals surface area contributed by atoms with Crippen molar-refractivity contribution in [1.82, 2.24) is 25.0 Å². The van der Waals surface area contributed by atoms with Gasteiger partial charge in [-0.2, -0.15) is 0 Å². The summed E-state index contributed by atoms with van der Waals surface area (Å²) in [7, 11) is 3.37. The van der Waals surface area contributed by atoms with E-state index >= 15 is 0 Å². The van der Waals surface area contributed by atoms with Gasteiger partial charge in [0, 0.05) is 62.8 Å². The summed E-state index contributed by atoms with van der Waals surface area (Å²) in [5, 5.41) is 14.5. The van der Waals surface area contributed by atoms with E-state index in [4.69, 9.17) is 9.47 Å². The molecule has 1 aliphatic heterocycles. The van der Waals surface area contributed by atoms with E-state index in [1.54, 1.807) is 25.6 Å². The monoisotopic (exact) mass is 496 g/mol. The highest BCUT2D eigenvalue weighted by molar-refractivity contribution is 7.17. The van der Waals surface area contributed by atoms with E-state index < -0.39 is 0 Å². The molecule has 2 aromatic heterocycles. The van der Waals surface area contributed by atoms with Crippen LogP contribution in [0, 0.1) is 0 Å². The Morgan fingerprint density at radius 1 is 0.943 bits per heavy atom. The van der Waals surface area contributed by atoms with Crippen LogP contribution >= 0.6 is 11.3 Å². The maximum atomic E-state index is 5.50. The third kappa shape index (κ3) is 5.63. The molecule has 188 valence electrons. The van der Waals surface area contributed by atoms with E-state index in [0.717, 1.165) is 65.2 Å². The minimum Gasteiger partial charge on any atom is -0.497 e. The van der Waals surface area contributed by atoms with E-state index in [0.29, 0.717) is 13.1 Å². The molecule has 0 spiro atoms. The molecular formula is C26H36N6O2S. The molecule has 2 fully saturated rings. The lowest BCUT2D eigenvalue weighted by molar-refractivity contribution is 0.148. The molecule has 1 N–H and O–H groups in total. The van der Waals surface area contributed by atoms with Gasteiger partial charge in [0.1, 0.15) is 11.5 Å². The van der Waals surface area contributed by atoms with Gasteiger partial charge < -0.3 is 19.7 Å². The predicted molar refractivity (Wildman–Crippen MR) is 140 cm³/mol. The van der Waals surface area contributed by atoms with Crippen LogP contribution in [0.4, 0.5) is 5.13 Å². The molecule has 0 radical (unpaired) electrons. The second kappa shape index (κ2) is 11.4. The molecule has 2 aliphatic rings. The number of hydrogen-bond donors (Lipinski definition) is 1. The summed E-state index contributed by atoms with van der Waals surface area (Å²) in [6.07, 6.45) is 9.01. The number of nitrogens with one attached hydrogen (secondary N) is 1. The lowest BCUT2D eigenvalue weighted by Crippen LogP contribution is -2.50. The zero-order chi connectivity index (χ0) is 24.0. The van der Waals surface area contributed by atoms with Crippen molar-refractivity contribution < 1.29 is 9.47 Å². The number of hydrogen-bond acceptors (Lipinski definition) is 8. The van der Waals surface area contributed by atoms with Crippen molar-refractivity contribution in [2.75, 3.05) is 45.3 Å². The zero-order valence-corrected chi connectivity index (χ0v) is 21.6. The van der Waals surface area contributed by atoms with Crippen LogP contribution in [0.5, 0.6) is 11.5 Å². The van der Waals surface area contributed by atoms with Crippen molar-refractivity contribution >= 4 is 16.5 Å². The second-order valence-corrected chi connectivity index (χ2v) is 10.3. The molecule has 0 bridgehead atoms. The SMILES string of the molecule is COc1ccc(OC)c(CNCc2cccn2-c2nnc(N3CCN(C4CCCCC4)CC3)s2)c1. The van der Waals surface area contributed by atoms with Crippen LogP contribution in [0.25, 0.3) is 5.13 Å². The summed E-state index contributed by atoms with van der Waals surface area (Å²) in [6.45, 7) is 5.72. The summed E-state index contributed by atoms with van der Waals surface area (Å²) in [4.78, 5) is 5.10. The second-order valence-electron chi connectivity index (χ2n) is 9.33. The van der Waals surface area contributed by atoms with Crippen LogP contribution in [0.3, 0.4) is 0 Å². The standard InChI is InChI=1S/C26H36N6O2S/c1-33-23-10-11-24(34-2)20(17-23)18-27-19-22-9-6-12-32(22)26-29-28-25(35-26)31-15-13-30(14-16-31)21-7-4-3-5-8-21/h6,9-12,17,21,27H,3-5,7-8,13-16,18-19H2,1-2H3. The molecule has 0 atom stereocenters. The van der Waals surface area contributed by atoms with E-state index in [-0.39, 0.29) is 0 Å². The van der Waals surface area contributed by atoms with Crippen molar-refractivity contribution in [1.29, 1.82) is 0 Å². The Morgan fingerprint density at radius 2 is 1.74 bits per heavy atom. The molecule has 1 aliphatic carbocycles. The minimum absolute atomic E-state index is 0.679. The van der Waals surface area contributed by atoms with Crippen LogP contribution in [0.1, 0.15) is 43.4 Å². The number of rotatable bonds is 9. The van der Waals surface area contributed by atoms with Gasteiger partial charge in [0.05, 0.1) is 14.2 Å². The van der Waals surface area contributed by atoms with Crippen LogP contribution in [0.2, 0.25) is 0 Å². The van der Waals surface area contributed by atoms with Crippen LogP contribution in [-0.4, -0.2) is 66.1 Å². The molecule has 1 saturated heterocycles. The molecule has 0 amide bonds. The number of nitrogens with zero attached hydrogens (tertiary/aromatic N) is 5. The van der Waals surface area contributed by atoms with Gasteiger partial charge in [0.25, 0.3) is 0 Å². The Kier molecular flexibility index (Phi) is 7.85. The molecule has 5 rings (SSSR count). The van der Waals surface area contributed by atoms with Gasteiger partial charge in [-0.25, -0.2) is 0 Å². The fraction of sp³-hybridized carbons (Fsp3) is 0.538. The number of ether oxygens (including phenoxy) is 2. The maximum absolute atomic E-state index is 5.50. The van der Waals surface area contributed by atoms with Gasteiger partial charge in [-0.15, -0.1) is 10.2 Å². The van der Waals surface area contributed by atoms with Gasteiger partial charge in [0.15, 0.2) is 0 Å². The van der Waals surface area contributed by atoms with E-state index in [2.05, 4.69) is 48.2 Å². The number of piperazine rings is 1. The Hall–Kier alpha value is -2.62. The molecular weight excluding hydrogens is 460 g/mol. The highest BCUT2D eigenvalue weighted by Crippen LogP contribution is 2.28. The smallest absolute Gasteiger partial charge is 0.218 e. The van der Waals surface area contributed by atoms with Gasteiger partial charge in [-0.1, -0.05) is 30.6 Å². The summed E-state index contributed by atoms with van der Waals surface area (Å²) in [5.74, 6) is 1.68. The average molecular weight is 497 g/mol. The molecule has 1 aromatic carbocycles. The van der Waals surface area contributed by atoms with Crippen molar-refractivity contribution in [3.8, 4) is 16.6 Å². The topological polar surface area (TPSA) is 67.7 Å². The van der Waals surface area contributed by atoms with Gasteiger partial charge in [0.2, 0.25) is 10.3 Å². The van der Waals surface area contributed by atoms with E-state index in [9.17, 15) is 0 Å². The normalized spacial score (nSPS) is 17.6. The number of anilines is 1. The third-order valence-electron chi connectivity index (χ3n) is 7.23. The lowest BCUT2D eigenvalue weighted by Gasteiger charge is -2.40. The lowest BCUT2D eigenvalue weighted by atomic mass is 9.94. The Balaban J connectivity index is 1.18. The highest BCUT2D eigenvalue weighted by Gasteiger charge is 2.26. The van der Waals surface area contributed by atoms with Gasteiger partial charge >= 0.3 is 0 Å². The Bertz CT molecular complexity index is 1090. The van der Waals surface area contributed by atoms with Crippen LogP contribution in [-0.2, 0) is 13.1 Å². The van der Waals surface area contributed by atoms with Gasteiger partial charge in [-0.3, -0.25) is 9.47 Å². The summed E-state index contributed by atoms with van der Waals surface area (Å²) in [5.41, 5.74) is 2.22. The third-order valence-corrected chi connectivity index (χ3v) is 8.21.